The maximum absolute atomic E-state index is 12.8. The molecule has 4 rings (SSSR count). The molecule has 35 heavy (non-hydrogen) atoms. The van der Waals surface area contributed by atoms with Gasteiger partial charge in [-0.3, -0.25) is 4.79 Å². The van der Waals surface area contributed by atoms with Crippen LogP contribution in [0.25, 0.3) is 22.0 Å². The SMILES string of the molecule is CC(=O)[C@@H](OC(C)(C)C)c1c(C)cc2nc(C#Cc3ccccc3)ccc2c1-c1ccc(Cl)cc1. The molecule has 0 saturated heterocycles. The van der Waals surface area contributed by atoms with Crippen LogP contribution in [0.4, 0.5) is 0 Å². The first-order chi connectivity index (χ1) is 16.6. The van der Waals surface area contributed by atoms with Gasteiger partial charge in [-0.25, -0.2) is 4.98 Å². The van der Waals surface area contributed by atoms with Gasteiger partial charge in [0.25, 0.3) is 0 Å². The molecule has 0 saturated carbocycles. The molecule has 0 unspecified atom stereocenters. The average molecular weight is 482 g/mol. The molecule has 0 radical (unpaired) electrons. The zero-order chi connectivity index (χ0) is 25.2. The second kappa shape index (κ2) is 10.0. The van der Waals surface area contributed by atoms with Gasteiger partial charge >= 0.3 is 0 Å². The zero-order valence-corrected chi connectivity index (χ0v) is 21.4. The molecular formula is C31H28ClNO2. The molecule has 4 aromatic rings. The van der Waals surface area contributed by atoms with Gasteiger partial charge in [-0.15, -0.1) is 0 Å². The molecular weight excluding hydrogens is 454 g/mol. The highest BCUT2D eigenvalue weighted by Gasteiger charge is 2.29. The van der Waals surface area contributed by atoms with Gasteiger partial charge in [0.1, 0.15) is 11.8 Å². The number of hydrogen-bond acceptors (Lipinski definition) is 3. The summed E-state index contributed by atoms with van der Waals surface area (Å²) in [5, 5.41) is 1.58. The van der Waals surface area contributed by atoms with Gasteiger partial charge in [-0.2, -0.15) is 0 Å². The highest BCUT2D eigenvalue weighted by Crippen LogP contribution is 2.40. The minimum absolute atomic E-state index is 0.0455. The maximum atomic E-state index is 12.8. The van der Waals surface area contributed by atoms with Crippen molar-refractivity contribution in [2.75, 3.05) is 0 Å². The first kappa shape index (κ1) is 24.7. The number of ketones is 1. The first-order valence-corrected chi connectivity index (χ1v) is 12.0. The van der Waals surface area contributed by atoms with E-state index in [1.54, 1.807) is 6.92 Å². The predicted octanol–water partition coefficient (Wildman–Crippen LogP) is 7.71. The number of hydrogen-bond donors (Lipinski definition) is 0. The molecule has 0 amide bonds. The Balaban J connectivity index is 1.95. The lowest BCUT2D eigenvalue weighted by Crippen LogP contribution is -2.27. The number of rotatable bonds is 4. The van der Waals surface area contributed by atoms with Gasteiger partial charge in [0, 0.05) is 16.0 Å². The monoisotopic (exact) mass is 481 g/mol. The van der Waals surface area contributed by atoms with Gasteiger partial charge in [-0.1, -0.05) is 47.9 Å². The number of benzene rings is 3. The molecule has 0 N–H and O–H groups in total. The van der Waals surface area contributed by atoms with Crippen molar-refractivity contribution in [2.45, 2.75) is 46.3 Å². The molecule has 0 bridgehead atoms. The number of aromatic nitrogens is 1. The van der Waals surface area contributed by atoms with Crippen LogP contribution in [-0.2, 0) is 9.53 Å². The number of halogens is 1. The minimum atomic E-state index is -0.706. The van der Waals surface area contributed by atoms with E-state index in [-0.39, 0.29) is 5.78 Å². The maximum Gasteiger partial charge on any atom is 0.163 e. The second-order valence-corrected chi connectivity index (χ2v) is 10.0. The molecule has 0 aliphatic carbocycles. The van der Waals surface area contributed by atoms with E-state index in [1.807, 2.05) is 100 Å². The van der Waals surface area contributed by atoms with E-state index in [0.717, 1.165) is 38.7 Å². The lowest BCUT2D eigenvalue weighted by atomic mass is 9.87. The molecule has 0 aliphatic heterocycles. The van der Waals surface area contributed by atoms with Crippen LogP contribution in [-0.4, -0.2) is 16.4 Å². The summed E-state index contributed by atoms with van der Waals surface area (Å²) in [5.41, 5.74) is 5.61. The van der Waals surface area contributed by atoms with E-state index >= 15 is 0 Å². The average Bonchev–Trinajstić information content (AvgIpc) is 2.81. The van der Waals surface area contributed by atoms with Crippen LogP contribution >= 0.6 is 11.6 Å². The number of nitrogens with zero attached hydrogens (tertiary/aromatic N) is 1. The normalized spacial score (nSPS) is 12.2. The van der Waals surface area contributed by atoms with Crippen molar-refractivity contribution >= 4 is 28.3 Å². The smallest absolute Gasteiger partial charge is 0.163 e. The van der Waals surface area contributed by atoms with Crippen molar-refractivity contribution in [3.8, 4) is 23.0 Å². The summed E-state index contributed by atoms with van der Waals surface area (Å²) in [6, 6.07) is 23.5. The van der Waals surface area contributed by atoms with Crippen molar-refractivity contribution in [1.29, 1.82) is 0 Å². The Kier molecular flexibility index (Phi) is 7.08. The summed E-state index contributed by atoms with van der Waals surface area (Å²) in [5.74, 6) is 6.29. The largest absolute Gasteiger partial charge is 0.360 e. The Hall–Kier alpha value is -3.45. The number of fused-ring (bicyclic) bond motifs is 1. The van der Waals surface area contributed by atoms with Crippen LogP contribution in [0.5, 0.6) is 0 Å². The van der Waals surface area contributed by atoms with E-state index in [1.165, 1.54) is 0 Å². The summed E-state index contributed by atoms with van der Waals surface area (Å²) in [4.78, 5) is 17.7. The Labute approximate surface area is 212 Å². The van der Waals surface area contributed by atoms with Crippen molar-refractivity contribution in [3.63, 3.8) is 0 Å². The summed E-state index contributed by atoms with van der Waals surface area (Å²) in [7, 11) is 0. The van der Waals surface area contributed by atoms with Crippen LogP contribution in [0.3, 0.4) is 0 Å². The third-order valence-corrected chi connectivity index (χ3v) is 5.84. The summed E-state index contributed by atoms with van der Waals surface area (Å²) < 4.78 is 6.29. The fourth-order valence-corrected chi connectivity index (χ4v) is 4.24. The van der Waals surface area contributed by atoms with Gasteiger partial charge in [0.15, 0.2) is 5.78 Å². The Morgan fingerprint density at radius 2 is 1.66 bits per heavy atom. The van der Waals surface area contributed by atoms with E-state index in [2.05, 4.69) is 11.8 Å². The Morgan fingerprint density at radius 3 is 2.29 bits per heavy atom. The molecule has 0 spiro atoms. The van der Waals surface area contributed by atoms with Crippen LogP contribution in [0, 0.1) is 18.8 Å². The molecule has 0 aliphatic rings. The highest BCUT2D eigenvalue weighted by molar-refractivity contribution is 6.30. The van der Waals surface area contributed by atoms with Crippen molar-refractivity contribution < 1.29 is 9.53 Å². The lowest BCUT2D eigenvalue weighted by Gasteiger charge is -2.29. The Bertz CT molecular complexity index is 1440. The van der Waals surface area contributed by atoms with Gasteiger partial charge in [0.05, 0.1) is 11.1 Å². The fourth-order valence-electron chi connectivity index (χ4n) is 4.11. The zero-order valence-electron chi connectivity index (χ0n) is 20.6. The van der Waals surface area contributed by atoms with Crippen LogP contribution in [0.15, 0.2) is 72.8 Å². The standard InChI is InChI=1S/C31H28ClNO2/c1-20-19-27-26(18-17-25(33-27)16-11-22-9-7-6-8-10-22)29(23-12-14-24(32)15-13-23)28(20)30(21(2)34)35-31(3,4)5/h6-10,12-15,17-19,30H,1-5H3/t30-/m1/s1. The number of carbonyl (C=O) groups excluding carboxylic acids is 1. The third-order valence-electron chi connectivity index (χ3n) is 5.59. The fraction of sp³-hybridized carbons (Fsp3) is 0.226. The molecule has 176 valence electrons. The van der Waals surface area contributed by atoms with Crippen molar-refractivity contribution in [1.82, 2.24) is 4.98 Å². The van der Waals surface area contributed by atoms with Gasteiger partial charge < -0.3 is 4.74 Å². The van der Waals surface area contributed by atoms with E-state index in [4.69, 9.17) is 21.3 Å². The molecule has 3 nitrogen and oxygen atoms in total. The first-order valence-electron chi connectivity index (χ1n) is 11.6. The van der Waals surface area contributed by atoms with Gasteiger partial charge in [0.2, 0.25) is 0 Å². The third kappa shape index (κ3) is 5.80. The number of carbonyl (C=O) groups is 1. The number of Topliss-reactive ketones (excluding diaryl/α,β-unsaturated/α-hetero) is 1. The minimum Gasteiger partial charge on any atom is -0.360 e. The number of aryl methyl sites for hydroxylation is 1. The van der Waals surface area contributed by atoms with Crippen LogP contribution in [0.2, 0.25) is 5.02 Å². The predicted molar refractivity (Wildman–Crippen MR) is 144 cm³/mol. The lowest BCUT2D eigenvalue weighted by molar-refractivity contribution is -0.138. The topological polar surface area (TPSA) is 39.2 Å². The number of pyridine rings is 1. The van der Waals surface area contributed by atoms with Crippen molar-refractivity contribution in [3.05, 3.63) is 100 Å². The molecule has 1 heterocycles. The van der Waals surface area contributed by atoms with E-state index in [9.17, 15) is 4.79 Å². The highest BCUT2D eigenvalue weighted by atomic mass is 35.5. The molecule has 0 fully saturated rings. The second-order valence-electron chi connectivity index (χ2n) is 9.59. The van der Waals surface area contributed by atoms with Crippen LogP contribution < -0.4 is 0 Å². The molecule has 4 heteroatoms. The molecule has 1 atom stereocenters. The summed E-state index contributed by atoms with van der Waals surface area (Å²) in [6.07, 6.45) is -0.706. The molecule has 1 aromatic heterocycles. The number of ether oxygens (including phenoxy) is 1. The van der Waals surface area contributed by atoms with E-state index < -0.39 is 11.7 Å². The summed E-state index contributed by atoms with van der Waals surface area (Å²) >= 11 is 6.19. The Morgan fingerprint density at radius 1 is 0.971 bits per heavy atom. The van der Waals surface area contributed by atoms with Gasteiger partial charge in [-0.05, 0) is 105 Å². The van der Waals surface area contributed by atoms with E-state index in [0.29, 0.717) is 10.7 Å². The quantitative estimate of drug-likeness (QED) is 0.280. The summed E-state index contributed by atoms with van der Waals surface area (Å²) in [6.45, 7) is 9.45. The van der Waals surface area contributed by atoms with Crippen LogP contribution in [0.1, 0.15) is 56.2 Å². The van der Waals surface area contributed by atoms with Crippen molar-refractivity contribution in [2.24, 2.45) is 0 Å². The molecule has 3 aromatic carbocycles.